The third kappa shape index (κ3) is 3.14. The molecule has 2 aromatic carbocycles. The van der Waals surface area contributed by atoms with Crippen LogP contribution < -0.4 is 11.1 Å². The summed E-state index contributed by atoms with van der Waals surface area (Å²) in [5.41, 5.74) is 7.39. The summed E-state index contributed by atoms with van der Waals surface area (Å²) in [6.45, 7) is 1.73. The van der Waals surface area contributed by atoms with Crippen LogP contribution >= 0.6 is 11.6 Å². The van der Waals surface area contributed by atoms with Crippen molar-refractivity contribution < 1.29 is 14.7 Å². The third-order valence-corrected chi connectivity index (χ3v) is 3.32. The van der Waals surface area contributed by atoms with E-state index in [1.165, 1.54) is 18.2 Å². The molecule has 0 aromatic heterocycles. The van der Waals surface area contributed by atoms with Crippen molar-refractivity contribution in [1.82, 2.24) is 0 Å². The number of hydrogen-bond donors (Lipinski definition) is 3. The molecule has 21 heavy (non-hydrogen) atoms. The summed E-state index contributed by atoms with van der Waals surface area (Å²) in [5, 5.41) is 12.0. The van der Waals surface area contributed by atoms with Gasteiger partial charge < -0.3 is 16.2 Å². The fourth-order valence-corrected chi connectivity index (χ4v) is 2.06. The second-order valence-electron chi connectivity index (χ2n) is 4.47. The van der Waals surface area contributed by atoms with Gasteiger partial charge in [-0.15, -0.1) is 0 Å². The molecule has 0 aliphatic heterocycles. The zero-order chi connectivity index (χ0) is 15.6. The summed E-state index contributed by atoms with van der Waals surface area (Å²) in [7, 11) is 0. The molecule has 0 saturated heterocycles. The second kappa shape index (κ2) is 5.85. The molecule has 1 amide bonds. The number of nitrogens with two attached hydrogens (primary N) is 1. The number of carboxylic acid groups (broad SMARTS) is 1. The molecular formula is C15H13ClN2O3. The SMILES string of the molecule is Cc1c(N)cccc1C(=O)Nc1ccc(Cl)cc1C(=O)O. The first-order valence-corrected chi connectivity index (χ1v) is 6.47. The Labute approximate surface area is 126 Å². The number of carbonyl (C=O) groups is 2. The van der Waals surface area contributed by atoms with Crippen LogP contribution in [0.15, 0.2) is 36.4 Å². The van der Waals surface area contributed by atoms with Gasteiger partial charge in [0.2, 0.25) is 0 Å². The van der Waals surface area contributed by atoms with Gasteiger partial charge in [-0.05, 0) is 42.8 Å². The Morgan fingerprint density at radius 3 is 2.57 bits per heavy atom. The predicted octanol–water partition coefficient (Wildman–Crippen LogP) is 3.18. The summed E-state index contributed by atoms with van der Waals surface area (Å²) in [6.07, 6.45) is 0. The van der Waals surface area contributed by atoms with Crippen molar-refractivity contribution in [3.8, 4) is 0 Å². The van der Waals surface area contributed by atoms with Crippen molar-refractivity contribution in [1.29, 1.82) is 0 Å². The number of hydrogen-bond acceptors (Lipinski definition) is 3. The number of benzene rings is 2. The van der Waals surface area contributed by atoms with Gasteiger partial charge in [-0.3, -0.25) is 4.79 Å². The van der Waals surface area contributed by atoms with E-state index >= 15 is 0 Å². The number of nitrogens with one attached hydrogen (secondary N) is 1. The van der Waals surface area contributed by atoms with Crippen LogP contribution in [0, 0.1) is 6.92 Å². The highest BCUT2D eigenvalue weighted by Gasteiger charge is 2.16. The minimum absolute atomic E-state index is 0.0718. The zero-order valence-corrected chi connectivity index (χ0v) is 11.9. The van der Waals surface area contributed by atoms with Gasteiger partial charge in [0.1, 0.15) is 0 Å². The fourth-order valence-electron chi connectivity index (χ4n) is 1.89. The van der Waals surface area contributed by atoms with E-state index in [1.807, 2.05) is 0 Å². The molecule has 0 aliphatic carbocycles. The van der Waals surface area contributed by atoms with Crippen LogP contribution in [0.4, 0.5) is 11.4 Å². The molecular weight excluding hydrogens is 292 g/mol. The van der Waals surface area contributed by atoms with E-state index in [2.05, 4.69) is 5.32 Å². The van der Waals surface area contributed by atoms with Crippen molar-refractivity contribution in [3.05, 3.63) is 58.1 Å². The first-order chi connectivity index (χ1) is 9.90. The van der Waals surface area contributed by atoms with E-state index in [0.29, 0.717) is 16.8 Å². The van der Waals surface area contributed by atoms with Crippen LogP contribution in [-0.2, 0) is 0 Å². The van der Waals surface area contributed by atoms with Crippen molar-refractivity contribution in [3.63, 3.8) is 0 Å². The molecule has 2 aromatic rings. The van der Waals surface area contributed by atoms with E-state index in [4.69, 9.17) is 22.4 Å². The second-order valence-corrected chi connectivity index (χ2v) is 4.91. The Hall–Kier alpha value is -2.53. The average Bonchev–Trinajstić information content (AvgIpc) is 2.43. The first-order valence-electron chi connectivity index (χ1n) is 6.09. The maximum Gasteiger partial charge on any atom is 0.337 e. The van der Waals surface area contributed by atoms with Crippen LogP contribution in [0.25, 0.3) is 0 Å². The molecule has 0 atom stereocenters. The quantitative estimate of drug-likeness (QED) is 0.759. The molecule has 2 rings (SSSR count). The number of nitrogen functional groups attached to an aromatic ring is 1. The molecule has 0 fully saturated rings. The number of carboxylic acids is 1. The summed E-state index contributed by atoms with van der Waals surface area (Å²) < 4.78 is 0. The third-order valence-electron chi connectivity index (χ3n) is 3.08. The number of rotatable bonds is 3. The van der Waals surface area contributed by atoms with Gasteiger partial charge in [-0.25, -0.2) is 4.79 Å². The molecule has 6 heteroatoms. The molecule has 0 bridgehead atoms. The minimum Gasteiger partial charge on any atom is -0.478 e. The van der Waals surface area contributed by atoms with E-state index in [1.54, 1.807) is 25.1 Å². The highest BCUT2D eigenvalue weighted by molar-refractivity contribution is 6.31. The van der Waals surface area contributed by atoms with Gasteiger partial charge in [0.25, 0.3) is 5.91 Å². The van der Waals surface area contributed by atoms with Crippen molar-refractivity contribution >= 4 is 34.9 Å². The lowest BCUT2D eigenvalue weighted by molar-refractivity contribution is 0.0698. The molecule has 0 aliphatic rings. The summed E-state index contributed by atoms with van der Waals surface area (Å²) in [6, 6.07) is 9.22. The number of amides is 1. The summed E-state index contributed by atoms with van der Waals surface area (Å²) in [4.78, 5) is 23.4. The minimum atomic E-state index is -1.17. The zero-order valence-electron chi connectivity index (χ0n) is 11.2. The summed E-state index contributed by atoms with van der Waals surface area (Å²) in [5.74, 6) is -1.60. The van der Waals surface area contributed by atoms with Crippen molar-refractivity contribution in [2.24, 2.45) is 0 Å². The maximum absolute atomic E-state index is 12.3. The van der Waals surface area contributed by atoms with Crippen molar-refractivity contribution in [2.75, 3.05) is 11.1 Å². The monoisotopic (exact) mass is 304 g/mol. The topological polar surface area (TPSA) is 92.4 Å². The van der Waals surface area contributed by atoms with Crippen molar-refractivity contribution in [2.45, 2.75) is 6.92 Å². The van der Waals surface area contributed by atoms with Crippen LogP contribution in [0.3, 0.4) is 0 Å². The van der Waals surface area contributed by atoms with Gasteiger partial charge in [0.05, 0.1) is 11.3 Å². The first kappa shape index (κ1) is 14.9. The average molecular weight is 305 g/mol. The van der Waals surface area contributed by atoms with E-state index in [9.17, 15) is 9.59 Å². The standard InChI is InChI=1S/C15H13ClN2O3/c1-8-10(3-2-4-12(8)17)14(19)18-13-6-5-9(16)7-11(13)15(20)21/h2-7H,17H2,1H3,(H,18,19)(H,20,21). The molecule has 0 unspecified atom stereocenters. The van der Waals surface area contributed by atoms with Gasteiger partial charge >= 0.3 is 5.97 Å². The molecule has 0 spiro atoms. The van der Waals surface area contributed by atoms with Gasteiger partial charge in [0.15, 0.2) is 0 Å². The lowest BCUT2D eigenvalue weighted by Gasteiger charge is -2.11. The number of halogens is 1. The van der Waals surface area contributed by atoms with E-state index < -0.39 is 11.9 Å². The van der Waals surface area contributed by atoms with Gasteiger partial charge in [-0.2, -0.15) is 0 Å². The highest BCUT2D eigenvalue weighted by Crippen LogP contribution is 2.23. The Morgan fingerprint density at radius 1 is 1.19 bits per heavy atom. The smallest absolute Gasteiger partial charge is 0.337 e. The number of aromatic carboxylic acids is 1. The summed E-state index contributed by atoms with van der Waals surface area (Å²) >= 11 is 5.77. The highest BCUT2D eigenvalue weighted by atomic mass is 35.5. The van der Waals surface area contributed by atoms with E-state index in [-0.39, 0.29) is 16.3 Å². The maximum atomic E-state index is 12.3. The lowest BCUT2D eigenvalue weighted by atomic mass is 10.1. The van der Waals surface area contributed by atoms with Crippen LogP contribution in [0.2, 0.25) is 5.02 Å². The Balaban J connectivity index is 2.36. The largest absolute Gasteiger partial charge is 0.478 e. The fraction of sp³-hybridized carbons (Fsp3) is 0.0667. The lowest BCUT2D eigenvalue weighted by Crippen LogP contribution is -2.16. The molecule has 4 N–H and O–H groups in total. The van der Waals surface area contributed by atoms with Crippen LogP contribution in [-0.4, -0.2) is 17.0 Å². The number of anilines is 2. The number of carbonyl (C=O) groups excluding carboxylic acids is 1. The Morgan fingerprint density at radius 2 is 1.90 bits per heavy atom. The Bertz CT molecular complexity index is 729. The molecule has 108 valence electrons. The van der Waals surface area contributed by atoms with E-state index in [0.717, 1.165) is 0 Å². The predicted molar refractivity (Wildman–Crippen MR) is 82.0 cm³/mol. The van der Waals surface area contributed by atoms with Crippen LogP contribution in [0.1, 0.15) is 26.3 Å². The normalized spacial score (nSPS) is 10.2. The van der Waals surface area contributed by atoms with Gasteiger partial charge in [-0.1, -0.05) is 17.7 Å². The van der Waals surface area contributed by atoms with Gasteiger partial charge in [0, 0.05) is 16.3 Å². The molecule has 5 nitrogen and oxygen atoms in total. The Kier molecular flexibility index (Phi) is 4.14. The van der Waals surface area contributed by atoms with Crippen LogP contribution in [0.5, 0.6) is 0 Å². The molecule has 0 radical (unpaired) electrons. The molecule has 0 saturated carbocycles. The molecule has 0 heterocycles.